The van der Waals surface area contributed by atoms with Crippen LogP contribution >= 0.6 is 11.6 Å². The Morgan fingerprint density at radius 1 is 0.969 bits per heavy atom. The number of ether oxygens (including phenoxy) is 1. The molecule has 0 radical (unpaired) electrons. The van der Waals surface area contributed by atoms with Gasteiger partial charge in [0.1, 0.15) is 0 Å². The third-order valence-electron chi connectivity index (χ3n) is 6.40. The molecule has 3 aromatic rings. The molecule has 3 heterocycles. The summed E-state index contributed by atoms with van der Waals surface area (Å²) >= 11 is 6.16. The van der Waals surface area contributed by atoms with Crippen LogP contribution in [0.3, 0.4) is 0 Å². The van der Waals surface area contributed by atoms with Crippen LogP contribution in [0.5, 0.6) is 0 Å². The molecular weight excluding hydrogens is 422 g/mol. The highest BCUT2D eigenvalue weighted by molar-refractivity contribution is 6.31. The first-order chi connectivity index (χ1) is 15.7. The van der Waals surface area contributed by atoms with E-state index in [-0.39, 0.29) is 0 Å². The monoisotopic (exact) mass is 451 g/mol. The van der Waals surface area contributed by atoms with Crippen molar-refractivity contribution >= 4 is 39.6 Å². The number of halogens is 1. The van der Waals surface area contributed by atoms with Gasteiger partial charge in [-0.2, -0.15) is 0 Å². The zero-order valence-corrected chi connectivity index (χ0v) is 19.3. The van der Waals surface area contributed by atoms with E-state index in [1.54, 1.807) is 0 Å². The van der Waals surface area contributed by atoms with Gasteiger partial charge in [0.05, 0.1) is 18.7 Å². The van der Waals surface area contributed by atoms with Crippen molar-refractivity contribution in [2.75, 3.05) is 69.7 Å². The molecule has 0 amide bonds. The van der Waals surface area contributed by atoms with Gasteiger partial charge < -0.3 is 19.9 Å². The van der Waals surface area contributed by atoms with Gasteiger partial charge >= 0.3 is 0 Å². The third kappa shape index (κ3) is 4.84. The van der Waals surface area contributed by atoms with Gasteiger partial charge in [0.25, 0.3) is 0 Å². The summed E-state index contributed by atoms with van der Waals surface area (Å²) in [5.74, 6) is 0. The van der Waals surface area contributed by atoms with E-state index in [2.05, 4.69) is 50.2 Å². The molecule has 0 spiro atoms. The zero-order valence-electron chi connectivity index (χ0n) is 18.6. The van der Waals surface area contributed by atoms with Gasteiger partial charge in [0, 0.05) is 79.5 Å². The molecule has 5 rings (SSSR count). The molecule has 32 heavy (non-hydrogen) atoms. The van der Waals surface area contributed by atoms with Crippen molar-refractivity contribution in [2.24, 2.45) is 0 Å². The van der Waals surface area contributed by atoms with Gasteiger partial charge in [-0.25, -0.2) is 0 Å². The summed E-state index contributed by atoms with van der Waals surface area (Å²) in [6, 6.07) is 14.6. The molecule has 2 fully saturated rings. The summed E-state index contributed by atoms with van der Waals surface area (Å²) in [7, 11) is 2.20. The van der Waals surface area contributed by atoms with Crippen LogP contribution in [0.1, 0.15) is 5.56 Å². The van der Waals surface area contributed by atoms with E-state index in [1.807, 2.05) is 30.5 Å². The second kappa shape index (κ2) is 9.63. The summed E-state index contributed by atoms with van der Waals surface area (Å²) < 4.78 is 5.59. The maximum Gasteiger partial charge on any atom is 0.0737 e. The number of nitrogens with one attached hydrogen (secondary N) is 1. The molecule has 2 aliphatic rings. The van der Waals surface area contributed by atoms with Crippen molar-refractivity contribution in [1.29, 1.82) is 0 Å². The van der Waals surface area contributed by atoms with Gasteiger partial charge in [-0.3, -0.25) is 9.88 Å². The summed E-state index contributed by atoms with van der Waals surface area (Å²) in [5, 5.41) is 5.39. The van der Waals surface area contributed by atoms with Crippen LogP contribution < -0.4 is 10.2 Å². The number of nitrogens with zero attached hydrogens (tertiary/aromatic N) is 4. The van der Waals surface area contributed by atoms with Crippen molar-refractivity contribution in [3.8, 4) is 0 Å². The fraction of sp³-hybridized carbons (Fsp3) is 0.400. The molecule has 1 aromatic heterocycles. The highest BCUT2D eigenvalue weighted by Gasteiger charge is 2.19. The van der Waals surface area contributed by atoms with Crippen LogP contribution in [-0.4, -0.2) is 74.3 Å². The third-order valence-corrected chi connectivity index (χ3v) is 6.64. The minimum absolute atomic E-state index is 0.700. The summed E-state index contributed by atoms with van der Waals surface area (Å²) in [4.78, 5) is 11.9. The molecule has 0 saturated carbocycles. The number of likely N-dealkylation sites (N-methyl/N-ethyl adjacent to an activating group) is 1. The van der Waals surface area contributed by atoms with Crippen molar-refractivity contribution in [3.05, 3.63) is 59.2 Å². The molecule has 0 unspecified atom stereocenters. The Morgan fingerprint density at radius 2 is 1.78 bits per heavy atom. The lowest BCUT2D eigenvalue weighted by molar-refractivity contribution is 0.122. The van der Waals surface area contributed by atoms with Gasteiger partial charge in [0.15, 0.2) is 0 Å². The van der Waals surface area contributed by atoms with Gasteiger partial charge in [-0.15, -0.1) is 0 Å². The minimum Gasteiger partial charge on any atom is -0.378 e. The lowest BCUT2D eigenvalue weighted by Gasteiger charge is -2.35. The molecule has 168 valence electrons. The van der Waals surface area contributed by atoms with Crippen molar-refractivity contribution in [1.82, 2.24) is 14.8 Å². The van der Waals surface area contributed by atoms with Crippen LogP contribution in [-0.2, 0) is 11.3 Å². The Bertz CT molecular complexity index is 1080. The lowest BCUT2D eigenvalue weighted by atomic mass is 10.1. The Hall–Kier alpha value is -2.38. The van der Waals surface area contributed by atoms with Crippen LogP contribution in [0.4, 0.5) is 17.1 Å². The number of fused-ring (bicyclic) bond motifs is 1. The molecule has 2 aliphatic heterocycles. The molecule has 6 nitrogen and oxygen atoms in total. The van der Waals surface area contributed by atoms with Gasteiger partial charge in [-0.05, 0) is 55.1 Å². The topological polar surface area (TPSA) is 43.9 Å². The minimum atomic E-state index is 0.700. The fourth-order valence-electron chi connectivity index (χ4n) is 4.54. The van der Waals surface area contributed by atoms with Gasteiger partial charge in [-0.1, -0.05) is 11.6 Å². The summed E-state index contributed by atoms with van der Waals surface area (Å²) in [6.45, 7) is 8.88. The number of hydrogen-bond acceptors (Lipinski definition) is 6. The Balaban J connectivity index is 1.44. The fourth-order valence-corrected chi connectivity index (χ4v) is 4.70. The van der Waals surface area contributed by atoms with Crippen molar-refractivity contribution < 1.29 is 4.74 Å². The number of benzene rings is 2. The normalized spacial score (nSPS) is 18.2. The standard InChI is InChI=1S/C25H30ClN5O/c1-29-8-10-30(11-9-29)18-19-16-21(3-5-25(19)31-12-14-32-15-13-31)28-23-6-7-27-24-17-20(26)2-4-22(23)24/h2-7,16-17H,8-15,18H2,1H3,(H,27,28). The largest absolute Gasteiger partial charge is 0.378 e. The molecular formula is C25H30ClN5O. The highest BCUT2D eigenvalue weighted by Crippen LogP contribution is 2.31. The molecule has 0 atom stereocenters. The van der Waals surface area contributed by atoms with E-state index in [0.717, 1.165) is 81.3 Å². The quantitative estimate of drug-likeness (QED) is 0.626. The van der Waals surface area contributed by atoms with E-state index < -0.39 is 0 Å². The maximum absolute atomic E-state index is 6.16. The average molecular weight is 452 g/mol. The first kappa shape index (κ1) is 21.5. The van der Waals surface area contributed by atoms with Crippen molar-refractivity contribution in [3.63, 3.8) is 0 Å². The van der Waals surface area contributed by atoms with E-state index in [0.29, 0.717) is 5.02 Å². The maximum atomic E-state index is 6.16. The number of morpholine rings is 1. The Labute approximate surface area is 194 Å². The first-order valence-corrected chi connectivity index (χ1v) is 11.7. The SMILES string of the molecule is CN1CCN(Cc2cc(Nc3ccnc4cc(Cl)ccc34)ccc2N2CCOCC2)CC1. The number of pyridine rings is 1. The predicted molar refractivity (Wildman–Crippen MR) is 132 cm³/mol. The molecule has 1 N–H and O–H groups in total. The van der Waals surface area contributed by atoms with E-state index >= 15 is 0 Å². The molecule has 0 aliphatic carbocycles. The second-order valence-corrected chi connectivity index (χ2v) is 9.10. The van der Waals surface area contributed by atoms with E-state index in [4.69, 9.17) is 16.3 Å². The van der Waals surface area contributed by atoms with Crippen LogP contribution in [0, 0.1) is 0 Å². The van der Waals surface area contributed by atoms with Gasteiger partial charge in [0.2, 0.25) is 0 Å². The van der Waals surface area contributed by atoms with Crippen LogP contribution in [0.15, 0.2) is 48.7 Å². The number of rotatable bonds is 5. The molecule has 2 aromatic carbocycles. The molecule has 2 saturated heterocycles. The average Bonchev–Trinajstić information content (AvgIpc) is 2.81. The Morgan fingerprint density at radius 3 is 2.59 bits per heavy atom. The van der Waals surface area contributed by atoms with Crippen molar-refractivity contribution in [2.45, 2.75) is 6.54 Å². The van der Waals surface area contributed by atoms with Crippen LogP contribution in [0.25, 0.3) is 10.9 Å². The van der Waals surface area contributed by atoms with E-state index in [1.165, 1.54) is 11.3 Å². The first-order valence-electron chi connectivity index (χ1n) is 11.3. The van der Waals surface area contributed by atoms with Crippen LogP contribution in [0.2, 0.25) is 5.02 Å². The van der Waals surface area contributed by atoms with E-state index in [9.17, 15) is 0 Å². The smallest absolute Gasteiger partial charge is 0.0737 e. The molecule has 7 heteroatoms. The zero-order chi connectivity index (χ0) is 21.9. The number of aromatic nitrogens is 1. The number of anilines is 3. The number of hydrogen-bond donors (Lipinski definition) is 1. The predicted octanol–water partition coefficient (Wildman–Crippen LogP) is 4.22. The highest BCUT2D eigenvalue weighted by atomic mass is 35.5. The molecule has 0 bridgehead atoms. The Kier molecular flexibility index (Phi) is 6.46. The summed E-state index contributed by atoms with van der Waals surface area (Å²) in [6.07, 6.45) is 1.83. The number of piperazine rings is 1. The second-order valence-electron chi connectivity index (χ2n) is 8.67. The summed E-state index contributed by atoms with van der Waals surface area (Å²) in [5.41, 5.74) is 5.71. The lowest BCUT2D eigenvalue weighted by Crippen LogP contribution is -2.44.